The number of hydrogen-bond donors (Lipinski definition) is 1. The van der Waals surface area contributed by atoms with E-state index < -0.39 is 28.5 Å². The first-order chi connectivity index (χ1) is 20.4. The van der Waals surface area contributed by atoms with Gasteiger partial charge >= 0.3 is 0 Å². The molecule has 0 bridgehead atoms. The smallest absolute Gasteiger partial charge is 0.264 e. The Balaban J connectivity index is 2.08. The Kier molecular flexibility index (Phi) is 11.9. The van der Waals surface area contributed by atoms with Crippen molar-refractivity contribution >= 4 is 39.1 Å². The van der Waals surface area contributed by atoms with Crippen molar-refractivity contribution in [3.8, 4) is 11.5 Å². The van der Waals surface area contributed by atoms with E-state index in [-0.39, 0.29) is 34.7 Å². The zero-order valence-corrected chi connectivity index (χ0v) is 27.0. The summed E-state index contributed by atoms with van der Waals surface area (Å²) in [5.41, 5.74) is 2.06. The topological polar surface area (TPSA) is 105 Å². The minimum Gasteiger partial charge on any atom is -0.493 e. The number of hydrogen-bond acceptors (Lipinski definition) is 6. The molecule has 11 heteroatoms. The molecule has 1 atom stereocenters. The maximum Gasteiger partial charge on any atom is 0.264 e. The largest absolute Gasteiger partial charge is 0.493 e. The van der Waals surface area contributed by atoms with E-state index in [4.69, 9.17) is 21.1 Å². The number of carbonyl (C=O) groups is 2. The standard InChI is InChI=1S/C32H40ClN3O6S/c1-7-28(32(38)34-19-22(2)3)35(20-24-10-8-9-23(4)17-24)31(37)21-36(26-13-11-25(33)12-14-26)43(39,40)27-15-16-29(41-5)30(18-27)42-6/h8-18,22,28H,7,19-21H2,1-6H3,(H,34,38)/t28-/m1/s1. The Hall–Kier alpha value is -3.76. The van der Waals surface area contributed by atoms with Crippen LogP contribution in [0.15, 0.2) is 71.6 Å². The van der Waals surface area contributed by atoms with Crippen molar-refractivity contribution < 1.29 is 27.5 Å². The number of sulfonamides is 1. The molecule has 0 aliphatic heterocycles. The molecular formula is C32H40ClN3O6S. The van der Waals surface area contributed by atoms with Crippen LogP contribution in [0.25, 0.3) is 0 Å². The van der Waals surface area contributed by atoms with Gasteiger partial charge in [-0.3, -0.25) is 13.9 Å². The predicted octanol–water partition coefficient (Wildman–Crippen LogP) is 5.44. The van der Waals surface area contributed by atoms with Crippen LogP contribution in [0.3, 0.4) is 0 Å². The van der Waals surface area contributed by atoms with E-state index in [1.807, 2.05) is 52.0 Å². The molecule has 0 saturated heterocycles. The van der Waals surface area contributed by atoms with Crippen LogP contribution in [0.1, 0.15) is 38.3 Å². The lowest BCUT2D eigenvalue weighted by Gasteiger charge is -2.33. The molecule has 0 unspecified atom stereocenters. The monoisotopic (exact) mass is 629 g/mol. The number of rotatable bonds is 14. The first-order valence-electron chi connectivity index (χ1n) is 14.0. The molecule has 0 aliphatic carbocycles. The lowest BCUT2D eigenvalue weighted by molar-refractivity contribution is -0.140. The molecule has 0 aromatic heterocycles. The van der Waals surface area contributed by atoms with Crippen LogP contribution < -0.4 is 19.1 Å². The number of anilines is 1. The van der Waals surface area contributed by atoms with Gasteiger partial charge in [0.05, 0.1) is 24.8 Å². The van der Waals surface area contributed by atoms with Gasteiger partial charge in [-0.25, -0.2) is 8.42 Å². The van der Waals surface area contributed by atoms with Crippen LogP contribution in [0.5, 0.6) is 11.5 Å². The zero-order valence-electron chi connectivity index (χ0n) is 25.5. The van der Waals surface area contributed by atoms with Gasteiger partial charge in [-0.2, -0.15) is 0 Å². The fourth-order valence-corrected chi connectivity index (χ4v) is 6.15. The number of nitrogens with zero attached hydrogens (tertiary/aromatic N) is 2. The van der Waals surface area contributed by atoms with E-state index in [1.165, 1.54) is 49.5 Å². The lowest BCUT2D eigenvalue weighted by atomic mass is 10.1. The van der Waals surface area contributed by atoms with Crippen molar-refractivity contribution in [1.29, 1.82) is 0 Å². The summed E-state index contributed by atoms with van der Waals surface area (Å²) in [6.45, 7) is 7.76. The molecule has 9 nitrogen and oxygen atoms in total. The van der Waals surface area contributed by atoms with Gasteiger partial charge in [-0.05, 0) is 61.2 Å². The Morgan fingerprint density at radius 1 is 0.953 bits per heavy atom. The molecule has 0 aliphatic rings. The number of methoxy groups -OCH3 is 2. The highest BCUT2D eigenvalue weighted by Gasteiger charge is 2.34. The van der Waals surface area contributed by atoms with E-state index in [2.05, 4.69) is 5.32 Å². The third kappa shape index (κ3) is 8.64. The quantitative estimate of drug-likeness (QED) is 0.255. The summed E-state index contributed by atoms with van der Waals surface area (Å²) in [6.07, 6.45) is 0.338. The summed E-state index contributed by atoms with van der Waals surface area (Å²) >= 11 is 6.11. The van der Waals surface area contributed by atoms with Gasteiger partial charge < -0.3 is 19.7 Å². The van der Waals surface area contributed by atoms with E-state index in [0.29, 0.717) is 23.7 Å². The van der Waals surface area contributed by atoms with Crippen molar-refractivity contribution in [1.82, 2.24) is 10.2 Å². The van der Waals surface area contributed by atoms with E-state index in [1.54, 1.807) is 12.1 Å². The van der Waals surface area contributed by atoms with Crippen LogP contribution in [-0.4, -0.2) is 58.5 Å². The van der Waals surface area contributed by atoms with Crippen LogP contribution in [-0.2, 0) is 26.2 Å². The molecule has 3 rings (SSSR count). The summed E-state index contributed by atoms with van der Waals surface area (Å²) in [4.78, 5) is 28.9. The summed E-state index contributed by atoms with van der Waals surface area (Å²) in [6, 6.07) is 17.2. The highest BCUT2D eigenvalue weighted by atomic mass is 35.5. The molecule has 2 amide bonds. The van der Waals surface area contributed by atoms with Crippen LogP contribution in [0.4, 0.5) is 5.69 Å². The second-order valence-electron chi connectivity index (χ2n) is 10.6. The third-order valence-electron chi connectivity index (χ3n) is 6.84. The Bertz CT molecular complexity index is 1510. The van der Waals surface area contributed by atoms with Gasteiger partial charge in [-0.15, -0.1) is 0 Å². The fourth-order valence-electron chi connectivity index (χ4n) is 4.59. The number of benzene rings is 3. The molecule has 3 aromatic carbocycles. The average Bonchev–Trinajstić information content (AvgIpc) is 2.98. The highest BCUT2D eigenvalue weighted by Crippen LogP contribution is 2.33. The van der Waals surface area contributed by atoms with Gasteiger partial charge in [0.15, 0.2) is 11.5 Å². The Morgan fingerprint density at radius 3 is 2.21 bits per heavy atom. The second kappa shape index (κ2) is 15.1. The predicted molar refractivity (Wildman–Crippen MR) is 169 cm³/mol. The third-order valence-corrected chi connectivity index (χ3v) is 8.86. The highest BCUT2D eigenvalue weighted by molar-refractivity contribution is 7.92. The van der Waals surface area contributed by atoms with Crippen molar-refractivity contribution in [2.75, 3.05) is 31.6 Å². The number of amides is 2. The maximum absolute atomic E-state index is 14.2. The first kappa shape index (κ1) is 33.7. The van der Waals surface area contributed by atoms with Gasteiger partial charge in [0, 0.05) is 24.2 Å². The van der Waals surface area contributed by atoms with Gasteiger partial charge in [0.2, 0.25) is 11.8 Å². The van der Waals surface area contributed by atoms with E-state index >= 15 is 0 Å². The van der Waals surface area contributed by atoms with Gasteiger partial charge in [0.1, 0.15) is 12.6 Å². The van der Waals surface area contributed by atoms with Gasteiger partial charge in [0.25, 0.3) is 10.0 Å². The molecule has 0 spiro atoms. The van der Waals surface area contributed by atoms with Crippen LogP contribution >= 0.6 is 11.6 Å². The average molecular weight is 630 g/mol. The molecule has 0 saturated carbocycles. The lowest BCUT2D eigenvalue weighted by Crippen LogP contribution is -2.52. The Morgan fingerprint density at radius 2 is 1.63 bits per heavy atom. The van der Waals surface area contributed by atoms with Crippen LogP contribution in [0, 0.1) is 12.8 Å². The number of halogens is 1. The number of carbonyl (C=O) groups excluding carboxylic acids is 2. The number of ether oxygens (including phenoxy) is 2. The van der Waals surface area contributed by atoms with E-state index in [9.17, 15) is 18.0 Å². The second-order valence-corrected chi connectivity index (χ2v) is 12.9. The molecule has 0 heterocycles. The SMILES string of the molecule is CC[C@H](C(=O)NCC(C)C)N(Cc1cccc(C)c1)C(=O)CN(c1ccc(Cl)cc1)S(=O)(=O)c1ccc(OC)c(OC)c1. The first-order valence-corrected chi connectivity index (χ1v) is 15.9. The number of nitrogens with one attached hydrogen (secondary N) is 1. The van der Waals surface area contributed by atoms with Crippen molar-refractivity contribution in [3.05, 3.63) is 82.9 Å². The minimum absolute atomic E-state index is 0.0974. The summed E-state index contributed by atoms with van der Waals surface area (Å²) in [7, 11) is -1.44. The zero-order chi connectivity index (χ0) is 31.7. The molecule has 43 heavy (non-hydrogen) atoms. The summed E-state index contributed by atoms with van der Waals surface area (Å²) in [5, 5.41) is 3.34. The molecular weight excluding hydrogens is 590 g/mol. The molecule has 232 valence electrons. The molecule has 0 radical (unpaired) electrons. The number of aryl methyl sites for hydroxylation is 1. The van der Waals surface area contributed by atoms with Gasteiger partial charge in [-0.1, -0.05) is 62.2 Å². The van der Waals surface area contributed by atoms with Crippen molar-refractivity contribution in [3.63, 3.8) is 0 Å². The minimum atomic E-state index is -4.30. The van der Waals surface area contributed by atoms with Crippen molar-refractivity contribution in [2.24, 2.45) is 5.92 Å². The molecule has 1 N–H and O–H groups in total. The maximum atomic E-state index is 14.2. The summed E-state index contributed by atoms with van der Waals surface area (Å²) < 4.78 is 39.9. The Labute approximate surface area is 259 Å². The normalized spacial score (nSPS) is 12.0. The molecule has 0 fully saturated rings. The van der Waals surface area contributed by atoms with Crippen LogP contribution in [0.2, 0.25) is 5.02 Å². The molecule has 3 aromatic rings. The van der Waals surface area contributed by atoms with E-state index in [0.717, 1.165) is 15.4 Å². The summed E-state index contributed by atoms with van der Waals surface area (Å²) in [5.74, 6) is -0.0301. The fraction of sp³-hybridized carbons (Fsp3) is 0.375. The van der Waals surface area contributed by atoms with Crippen molar-refractivity contribution in [2.45, 2.75) is 51.6 Å².